The third-order valence-corrected chi connectivity index (χ3v) is 3.60. The molecule has 0 aromatic rings. The Morgan fingerprint density at radius 3 is 2.00 bits per heavy atom. The van der Waals surface area contributed by atoms with Gasteiger partial charge in [0.25, 0.3) is 0 Å². The molecule has 3 saturated carbocycles. The summed E-state index contributed by atoms with van der Waals surface area (Å²) in [5.41, 5.74) is -0.113. The molecule has 2 nitrogen and oxygen atoms in total. The van der Waals surface area contributed by atoms with Crippen molar-refractivity contribution in [3.8, 4) is 0 Å². The predicted octanol–water partition coefficient (Wildman–Crippen LogP) is 1.09. The van der Waals surface area contributed by atoms with Gasteiger partial charge in [-0.25, -0.2) is 0 Å². The second-order valence-electron chi connectivity index (χ2n) is 3.66. The lowest BCUT2D eigenvalue weighted by Gasteiger charge is -2.61. The summed E-state index contributed by atoms with van der Waals surface area (Å²) in [5.74, 6) is 0.498. The molecule has 58 valence electrons. The highest BCUT2D eigenvalue weighted by atomic mass is 32.3. The van der Waals surface area contributed by atoms with Gasteiger partial charge >= 0.3 is 10.2 Å². The Kier molecular flexibility index (Phi) is 1.02. The molecule has 0 spiro atoms. The van der Waals surface area contributed by atoms with Crippen molar-refractivity contribution in [3.63, 3.8) is 0 Å². The van der Waals surface area contributed by atoms with Gasteiger partial charge in [-0.2, -0.15) is 8.42 Å². The maximum atomic E-state index is 12.1. The van der Waals surface area contributed by atoms with Crippen LogP contribution in [0, 0.1) is 11.3 Å². The fraction of sp³-hybridized carbons (Fsp3) is 1.00. The summed E-state index contributed by atoms with van der Waals surface area (Å²) >= 11 is 0. The zero-order chi connectivity index (χ0) is 7.41. The van der Waals surface area contributed by atoms with Crippen LogP contribution >= 0.6 is 0 Å². The molecule has 0 unspecified atom stereocenters. The topological polar surface area (TPSA) is 34.1 Å². The van der Waals surface area contributed by atoms with Crippen LogP contribution in [0.25, 0.3) is 0 Å². The van der Waals surface area contributed by atoms with E-state index < -0.39 is 10.2 Å². The van der Waals surface area contributed by atoms with E-state index >= 15 is 0 Å². The van der Waals surface area contributed by atoms with Crippen LogP contribution in [0.15, 0.2) is 0 Å². The first-order chi connectivity index (χ1) is 4.49. The van der Waals surface area contributed by atoms with E-state index in [1.165, 1.54) is 0 Å². The molecule has 3 rings (SSSR count). The zero-order valence-electron chi connectivity index (χ0n) is 5.51. The van der Waals surface area contributed by atoms with Gasteiger partial charge in [-0.3, -0.25) is 0 Å². The van der Waals surface area contributed by atoms with Crippen molar-refractivity contribution < 1.29 is 12.3 Å². The highest BCUT2D eigenvalue weighted by molar-refractivity contribution is 7.86. The maximum Gasteiger partial charge on any atom is 0.302 e. The average molecular weight is 164 g/mol. The third-order valence-electron chi connectivity index (χ3n) is 2.64. The van der Waals surface area contributed by atoms with Crippen molar-refractivity contribution in [1.82, 2.24) is 0 Å². The summed E-state index contributed by atoms with van der Waals surface area (Å²) in [7, 11) is -4.20. The average Bonchev–Trinajstić information content (AvgIpc) is 1.48. The lowest BCUT2D eigenvalue weighted by atomic mass is 9.45. The molecule has 3 fully saturated rings. The highest BCUT2D eigenvalue weighted by Crippen LogP contribution is 2.64. The molecule has 3 aliphatic carbocycles. The molecule has 2 bridgehead atoms. The lowest BCUT2D eigenvalue weighted by molar-refractivity contribution is -0.0853. The fourth-order valence-corrected chi connectivity index (χ4v) is 3.29. The number of hydrogen-bond acceptors (Lipinski definition) is 2. The number of halogens is 1. The Morgan fingerprint density at radius 2 is 1.90 bits per heavy atom. The molecule has 0 amide bonds. The standard InChI is InChI=1S/C6H9FO2S/c7-10(8,9)4-6-1-5(2-6)3-6/h5H,1-4H2. The Balaban J connectivity index is 2.03. The molecular weight excluding hydrogens is 155 g/mol. The Labute approximate surface area is 59.6 Å². The maximum absolute atomic E-state index is 12.1. The summed E-state index contributed by atoms with van der Waals surface area (Å²) in [6, 6.07) is 0. The normalized spacial score (nSPS) is 43.9. The Hall–Kier alpha value is -0.120. The number of rotatable bonds is 2. The SMILES string of the molecule is O=S(=O)(F)CC12CC(C1)C2. The molecule has 4 heteroatoms. The van der Waals surface area contributed by atoms with Crippen LogP contribution in [0.1, 0.15) is 19.3 Å². The van der Waals surface area contributed by atoms with Crippen LogP contribution in [0.2, 0.25) is 0 Å². The van der Waals surface area contributed by atoms with E-state index in [-0.39, 0.29) is 11.2 Å². The van der Waals surface area contributed by atoms with Crippen LogP contribution in [-0.2, 0) is 10.2 Å². The second kappa shape index (κ2) is 1.55. The van der Waals surface area contributed by atoms with Gasteiger partial charge in [0.15, 0.2) is 0 Å². The van der Waals surface area contributed by atoms with E-state index in [1.54, 1.807) is 0 Å². The van der Waals surface area contributed by atoms with E-state index in [0.717, 1.165) is 25.2 Å². The zero-order valence-corrected chi connectivity index (χ0v) is 6.32. The van der Waals surface area contributed by atoms with Crippen LogP contribution in [0.3, 0.4) is 0 Å². The van der Waals surface area contributed by atoms with Crippen LogP contribution < -0.4 is 0 Å². The first kappa shape index (κ1) is 6.58. The summed E-state index contributed by atoms with van der Waals surface area (Å²) in [5, 5.41) is 0. The Morgan fingerprint density at radius 1 is 1.40 bits per heavy atom. The molecular formula is C6H9FO2S. The minimum atomic E-state index is -4.20. The molecule has 0 N–H and O–H groups in total. The van der Waals surface area contributed by atoms with Crippen molar-refractivity contribution in [3.05, 3.63) is 0 Å². The number of hydrogen-bond donors (Lipinski definition) is 0. The minimum Gasteiger partial charge on any atom is -0.195 e. The van der Waals surface area contributed by atoms with Gasteiger partial charge in [0.1, 0.15) is 0 Å². The lowest BCUT2D eigenvalue weighted by Crippen LogP contribution is -2.55. The fourth-order valence-electron chi connectivity index (χ4n) is 2.20. The van der Waals surface area contributed by atoms with Crippen LogP contribution in [-0.4, -0.2) is 14.2 Å². The Bertz CT molecular complexity index is 240. The van der Waals surface area contributed by atoms with Crippen molar-refractivity contribution in [1.29, 1.82) is 0 Å². The van der Waals surface area contributed by atoms with E-state index in [9.17, 15) is 12.3 Å². The van der Waals surface area contributed by atoms with Gasteiger partial charge in [-0.15, -0.1) is 3.89 Å². The smallest absolute Gasteiger partial charge is 0.195 e. The third kappa shape index (κ3) is 0.856. The quantitative estimate of drug-likeness (QED) is 0.572. The van der Waals surface area contributed by atoms with Gasteiger partial charge in [-0.1, -0.05) is 0 Å². The van der Waals surface area contributed by atoms with E-state index in [4.69, 9.17) is 0 Å². The van der Waals surface area contributed by atoms with Gasteiger partial charge in [0, 0.05) is 0 Å². The largest absolute Gasteiger partial charge is 0.302 e. The van der Waals surface area contributed by atoms with Crippen molar-refractivity contribution in [2.75, 3.05) is 5.75 Å². The second-order valence-corrected chi connectivity index (χ2v) is 5.03. The monoisotopic (exact) mass is 164 g/mol. The molecule has 0 aromatic carbocycles. The van der Waals surface area contributed by atoms with Crippen molar-refractivity contribution in [2.24, 2.45) is 11.3 Å². The van der Waals surface area contributed by atoms with Gasteiger partial charge in [-0.05, 0) is 30.6 Å². The molecule has 3 aliphatic rings. The first-order valence-electron chi connectivity index (χ1n) is 3.42. The molecule has 0 heterocycles. The van der Waals surface area contributed by atoms with E-state index in [2.05, 4.69) is 0 Å². The van der Waals surface area contributed by atoms with Crippen molar-refractivity contribution >= 4 is 10.2 Å². The summed E-state index contributed by atoms with van der Waals surface area (Å²) in [6.45, 7) is 0. The predicted molar refractivity (Wildman–Crippen MR) is 34.7 cm³/mol. The molecule has 0 aromatic heterocycles. The van der Waals surface area contributed by atoms with E-state index in [0.29, 0.717) is 0 Å². The van der Waals surface area contributed by atoms with Crippen LogP contribution in [0.4, 0.5) is 3.89 Å². The van der Waals surface area contributed by atoms with Crippen molar-refractivity contribution in [2.45, 2.75) is 19.3 Å². The highest BCUT2D eigenvalue weighted by Gasteiger charge is 2.58. The molecule has 10 heavy (non-hydrogen) atoms. The molecule has 0 radical (unpaired) electrons. The first-order valence-corrected chi connectivity index (χ1v) is 4.97. The van der Waals surface area contributed by atoms with Gasteiger partial charge in [0.05, 0.1) is 5.75 Å². The summed E-state index contributed by atoms with van der Waals surface area (Å²) in [4.78, 5) is 0. The summed E-state index contributed by atoms with van der Waals surface area (Å²) < 4.78 is 32.5. The minimum absolute atomic E-state index is 0.113. The summed E-state index contributed by atoms with van der Waals surface area (Å²) in [6.07, 6.45) is 2.82. The van der Waals surface area contributed by atoms with Gasteiger partial charge in [0.2, 0.25) is 0 Å². The van der Waals surface area contributed by atoms with Gasteiger partial charge < -0.3 is 0 Å². The molecule has 0 aliphatic heterocycles. The van der Waals surface area contributed by atoms with Crippen LogP contribution in [0.5, 0.6) is 0 Å². The molecule has 0 atom stereocenters. The van der Waals surface area contributed by atoms with E-state index in [1.807, 2.05) is 0 Å². The molecule has 0 saturated heterocycles.